The summed E-state index contributed by atoms with van der Waals surface area (Å²) in [5, 5.41) is 9.42. The number of carboxylic acid groups (broad SMARTS) is 1. The van der Waals surface area contributed by atoms with Crippen molar-refractivity contribution in [2.45, 2.75) is 70.5 Å². The zero-order valence-electron chi connectivity index (χ0n) is 12.4. The molecule has 0 spiro atoms. The van der Waals surface area contributed by atoms with Gasteiger partial charge in [-0.1, -0.05) is 33.1 Å². The number of carbonyl (C=O) groups is 2. The fourth-order valence-corrected chi connectivity index (χ4v) is 3.67. The van der Waals surface area contributed by atoms with Crippen LogP contribution in [0.1, 0.15) is 52.4 Å². The molecule has 3 N–H and O–H groups in total. The third kappa shape index (κ3) is 2.68. The topological polar surface area (TPSA) is 83.6 Å². The predicted octanol–water partition coefficient (Wildman–Crippen LogP) is 1.60. The van der Waals surface area contributed by atoms with Gasteiger partial charge in [-0.2, -0.15) is 0 Å². The molecular weight excluding hydrogens is 256 g/mol. The monoisotopic (exact) mass is 282 g/mol. The van der Waals surface area contributed by atoms with Crippen molar-refractivity contribution in [1.82, 2.24) is 4.90 Å². The second-order valence-electron chi connectivity index (χ2n) is 6.36. The van der Waals surface area contributed by atoms with E-state index in [-0.39, 0.29) is 17.9 Å². The number of nitrogens with two attached hydrogens (primary N) is 1. The fraction of sp³-hybridized carbons (Fsp3) is 0.867. The molecule has 2 fully saturated rings. The molecule has 1 amide bonds. The number of aliphatic carboxylic acids is 1. The van der Waals surface area contributed by atoms with E-state index in [9.17, 15) is 14.7 Å². The molecule has 0 radical (unpaired) electrons. The summed E-state index contributed by atoms with van der Waals surface area (Å²) >= 11 is 0. The van der Waals surface area contributed by atoms with Crippen LogP contribution in [0.4, 0.5) is 0 Å². The lowest BCUT2D eigenvalue weighted by Crippen LogP contribution is -2.54. The first kappa shape index (κ1) is 15.3. The molecule has 2 rings (SSSR count). The van der Waals surface area contributed by atoms with E-state index in [1.165, 1.54) is 0 Å². The summed E-state index contributed by atoms with van der Waals surface area (Å²) in [4.78, 5) is 25.8. The third-order valence-electron chi connectivity index (χ3n) is 5.17. The Labute approximate surface area is 120 Å². The molecule has 0 aromatic rings. The van der Waals surface area contributed by atoms with E-state index in [4.69, 9.17) is 5.73 Å². The lowest BCUT2D eigenvalue weighted by atomic mass is 9.84. The number of rotatable bonds is 4. The molecule has 1 saturated heterocycles. The van der Waals surface area contributed by atoms with E-state index in [1.54, 1.807) is 4.90 Å². The molecule has 20 heavy (non-hydrogen) atoms. The van der Waals surface area contributed by atoms with Gasteiger partial charge in [0.2, 0.25) is 5.91 Å². The van der Waals surface area contributed by atoms with Crippen LogP contribution in [-0.4, -0.2) is 40.0 Å². The first-order chi connectivity index (χ1) is 9.47. The Hall–Kier alpha value is -1.10. The second kappa shape index (κ2) is 6.12. The molecule has 2 aliphatic rings. The van der Waals surface area contributed by atoms with Gasteiger partial charge in [0.25, 0.3) is 0 Å². The van der Waals surface area contributed by atoms with Crippen LogP contribution < -0.4 is 5.73 Å². The summed E-state index contributed by atoms with van der Waals surface area (Å²) in [6.07, 6.45) is 5.61. The van der Waals surface area contributed by atoms with E-state index in [2.05, 4.69) is 0 Å². The molecule has 1 heterocycles. The van der Waals surface area contributed by atoms with Crippen molar-refractivity contribution < 1.29 is 14.7 Å². The van der Waals surface area contributed by atoms with Gasteiger partial charge in [-0.15, -0.1) is 0 Å². The Morgan fingerprint density at radius 3 is 2.60 bits per heavy atom. The molecule has 5 heteroatoms. The number of fused-ring (bicyclic) bond motifs is 1. The van der Waals surface area contributed by atoms with Crippen molar-refractivity contribution in [3.63, 3.8) is 0 Å². The average molecular weight is 282 g/mol. The van der Waals surface area contributed by atoms with Crippen molar-refractivity contribution in [1.29, 1.82) is 0 Å². The summed E-state index contributed by atoms with van der Waals surface area (Å²) in [6.45, 7) is 3.95. The van der Waals surface area contributed by atoms with Crippen molar-refractivity contribution >= 4 is 11.9 Å². The molecule has 0 bridgehead atoms. The molecule has 0 aromatic carbocycles. The Morgan fingerprint density at radius 2 is 2.00 bits per heavy atom. The van der Waals surface area contributed by atoms with Crippen molar-refractivity contribution in [3.8, 4) is 0 Å². The SMILES string of the molecule is CCC(C)C(N)C(=O)N1C(C(=O)O)CC2CCCCC21. The molecule has 0 aromatic heterocycles. The van der Waals surface area contributed by atoms with E-state index in [0.29, 0.717) is 12.3 Å². The van der Waals surface area contributed by atoms with E-state index >= 15 is 0 Å². The predicted molar refractivity (Wildman–Crippen MR) is 76.1 cm³/mol. The summed E-state index contributed by atoms with van der Waals surface area (Å²) in [5.74, 6) is -0.622. The van der Waals surface area contributed by atoms with Crippen LogP contribution in [0.2, 0.25) is 0 Å². The smallest absolute Gasteiger partial charge is 0.326 e. The maximum absolute atomic E-state index is 12.7. The lowest BCUT2D eigenvalue weighted by Gasteiger charge is -2.35. The van der Waals surface area contributed by atoms with Crippen molar-refractivity contribution in [2.75, 3.05) is 0 Å². The number of hydrogen-bond donors (Lipinski definition) is 2. The first-order valence-corrected chi connectivity index (χ1v) is 7.77. The van der Waals surface area contributed by atoms with Crippen molar-refractivity contribution in [3.05, 3.63) is 0 Å². The standard InChI is InChI=1S/C15H26N2O3/c1-3-9(2)13(16)14(18)17-11-7-5-4-6-10(11)8-12(17)15(19)20/h9-13H,3-8,16H2,1-2H3,(H,19,20). The normalized spacial score (nSPS) is 32.5. The molecule has 5 atom stereocenters. The van der Waals surface area contributed by atoms with Gasteiger partial charge < -0.3 is 15.7 Å². The Kier molecular flexibility index (Phi) is 4.68. The van der Waals surface area contributed by atoms with Gasteiger partial charge in [0.05, 0.1) is 6.04 Å². The third-order valence-corrected chi connectivity index (χ3v) is 5.17. The highest BCUT2D eigenvalue weighted by Gasteiger charge is 2.48. The van der Waals surface area contributed by atoms with Crippen LogP contribution in [0.5, 0.6) is 0 Å². The van der Waals surface area contributed by atoms with Gasteiger partial charge >= 0.3 is 5.97 Å². The summed E-state index contributed by atoms with van der Waals surface area (Å²) in [7, 11) is 0. The number of nitrogens with zero attached hydrogens (tertiary/aromatic N) is 1. The van der Waals surface area contributed by atoms with Crippen molar-refractivity contribution in [2.24, 2.45) is 17.6 Å². The minimum absolute atomic E-state index is 0.0829. The maximum Gasteiger partial charge on any atom is 0.326 e. The quantitative estimate of drug-likeness (QED) is 0.820. The number of carbonyl (C=O) groups excluding carboxylic acids is 1. The second-order valence-corrected chi connectivity index (χ2v) is 6.36. The van der Waals surface area contributed by atoms with Gasteiger partial charge in [-0.3, -0.25) is 4.79 Å². The van der Waals surface area contributed by atoms with Gasteiger partial charge in [0.1, 0.15) is 6.04 Å². The summed E-state index contributed by atoms with van der Waals surface area (Å²) < 4.78 is 0. The van der Waals surface area contributed by atoms with Crippen LogP contribution in [0, 0.1) is 11.8 Å². The highest BCUT2D eigenvalue weighted by atomic mass is 16.4. The Bertz CT molecular complexity index is 385. The number of likely N-dealkylation sites (tertiary alicyclic amines) is 1. The molecule has 5 unspecified atom stereocenters. The average Bonchev–Trinajstić information content (AvgIpc) is 2.84. The first-order valence-electron chi connectivity index (χ1n) is 7.77. The van der Waals surface area contributed by atoms with Gasteiger partial charge in [-0.25, -0.2) is 4.79 Å². The van der Waals surface area contributed by atoms with Crippen LogP contribution in [0.25, 0.3) is 0 Å². The lowest BCUT2D eigenvalue weighted by molar-refractivity contribution is -0.151. The van der Waals surface area contributed by atoms with Crippen LogP contribution in [-0.2, 0) is 9.59 Å². The van der Waals surface area contributed by atoms with Crippen LogP contribution in [0.3, 0.4) is 0 Å². The minimum atomic E-state index is -0.885. The van der Waals surface area contributed by atoms with E-state index < -0.39 is 18.1 Å². The van der Waals surface area contributed by atoms with E-state index in [1.807, 2.05) is 13.8 Å². The van der Waals surface area contributed by atoms with Crippen LogP contribution >= 0.6 is 0 Å². The van der Waals surface area contributed by atoms with Crippen LogP contribution in [0.15, 0.2) is 0 Å². The highest BCUT2D eigenvalue weighted by molar-refractivity contribution is 5.88. The number of carboxylic acids is 1. The highest BCUT2D eigenvalue weighted by Crippen LogP contribution is 2.40. The largest absolute Gasteiger partial charge is 0.480 e. The van der Waals surface area contributed by atoms with Gasteiger partial charge in [0, 0.05) is 6.04 Å². The molecule has 1 aliphatic carbocycles. The Morgan fingerprint density at radius 1 is 1.35 bits per heavy atom. The minimum Gasteiger partial charge on any atom is -0.480 e. The number of hydrogen-bond acceptors (Lipinski definition) is 3. The molecule has 1 saturated carbocycles. The van der Waals surface area contributed by atoms with E-state index in [0.717, 1.165) is 32.1 Å². The zero-order valence-corrected chi connectivity index (χ0v) is 12.4. The maximum atomic E-state index is 12.7. The van der Waals surface area contributed by atoms with Gasteiger partial charge in [0.15, 0.2) is 0 Å². The van der Waals surface area contributed by atoms with Gasteiger partial charge in [-0.05, 0) is 31.1 Å². The zero-order chi connectivity index (χ0) is 14.9. The summed E-state index contributed by atoms with van der Waals surface area (Å²) in [5.41, 5.74) is 6.05. The molecule has 114 valence electrons. The fourth-order valence-electron chi connectivity index (χ4n) is 3.67. The molecule has 1 aliphatic heterocycles. The molecule has 5 nitrogen and oxygen atoms in total. The number of amides is 1. The Balaban J connectivity index is 2.20. The summed E-state index contributed by atoms with van der Waals surface area (Å²) in [6, 6.07) is -1.17. The molecular formula is C15H26N2O3.